The normalized spacial score (nSPS) is 14.8. The van der Waals surface area contributed by atoms with E-state index in [1.165, 1.54) is 42.6 Å². The number of sulfone groups is 1. The first-order chi connectivity index (χ1) is 17.9. The Labute approximate surface area is 223 Å². The Bertz CT molecular complexity index is 1490. The smallest absolute Gasteiger partial charge is 0.282 e. The quantitative estimate of drug-likeness (QED) is 0.405. The average molecular weight is 561 g/mol. The fourth-order valence-corrected chi connectivity index (χ4v) is 5.50. The highest BCUT2D eigenvalue weighted by molar-refractivity contribution is 7.91. The Kier molecular flexibility index (Phi) is 7.79. The van der Waals surface area contributed by atoms with Gasteiger partial charge in [0, 0.05) is 24.4 Å². The molecule has 8 nitrogen and oxygen atoms in total. The zero-order chi connectivity index (χ0) is 27.5. The minimum Gasteiger partial charge on any atom is -0.384 e. The highest BCUT2D eigenvalue weighted by Crippen LogP contribution is 2.31. The van der Waals surface area contributed by atoms with Gasteiger partial charge in [0.05, 0.1) is 28.8 Å². The number of halogens is 3. The molecule has 0 radical (unpaired) electrons. The largest absolute Gasteiger partial charge is 0.384 e. The zero-order valence-electron chi connectivity index (χ0n) is 19.9. The number of aromatic nitrogens is 1. The number of nitrogen functional groups attached to an aromatic ring is 1. The van der Waals surface area contributed by atoms with Crippen molar-refractivity contribution in [3.05, 3.63) is 83.0 Å². The number of hydrogen-bond acceptors (Lipinski definition) is 6. The number of anilines is 1. The van der Waals surface area contributed by atoms with Crippen LogP contribution in [-0.4, -0.2) is 61.4 Å². The number of nitrogens with zero attached hydrogens (tertiary/aromatic N) is 2. The minimum absolute atomic E-state index is 0.00698. The van der Waals surface area contributed by atoms with E-state index in [1.807, 2.05) is 0 Å². The number of carbonyl (C=O) groups is 2. The molecule has 4 rings (SSSR count). The number of nitrogens with one attached hydrogen (secondary N) is 1. The molecule has 2 amide bonds. The number of nitrogens with two attached hydrogens (primary N) is 1. The number of carbonyl (C=O) groups excluding carboxylic acids is 2. The van der Waals surface area contributed by atoms with E-state index in [0.717, 1.165) is 4.90 Å². The highest BCUT2D eigenvalue weighted by Gasteiger charge is 2.46. The first-order valence-electron chi connectivity index (χ1n) is 11.4. The molecular weight excluding hydrogens is 538 g/mol. The van der Waals surface area contributed by atoms with Crippen molar-refractivity contribution in [3.63, 3.8) is 0 Å². The number of benzene rings is 2. The molecule has 0 unspecified atom stereocenters. The lowest BCUT2D eigenvalue weighted by Crippen LogP contribution is -2.58. The van der Waals surface area contributed by atoms with Crippen LogP contribution in [0.5, 0.6) is 0 Å². The second kappa shape index (κ2) is 10.9. The summed E-state index contributed by atoms with van der Waals surface area (Å²) in [5.41, 5.74) is 7.72. The molecule has 2 heterocycles. The van der Waals surface area contributed by atoms with Crippen molar-refractivity contribution in [2.75, 3.05) is 31.1 Å². The molecule has 3 N–H and O–H groups in total. The van der Waals surface area contributed by atoms with Gasteiger partial charge in [-0.2, -0.15) is 0 Å². The van der Waals surface area contributed by atoms with Gasteiger partial charge in [-0.05, 0) is 59.2 Å². The van der Waals surface area contributed by atoms with Crippen molar-refractivity contribution in [2.24, 2.45) is 0 Å². The first-order valence-corrected chi connectivity index (χ1v) is 13.4. The Morgan fingerprint density at radius 2 is 1.76 bits per heavy atom. The molecule has 1 aliphatic rings. The van der Waals surface area contributed by atoms with Crippen molar-refractivity contribution < 1.29 is 26.8 Å². The molecule has 0 atom stereocenters. The Morgan fingerprint density at radius 1 is 1.08 bits per heavy atom. The number of likely N-dealkylation sites (tertiary alicyclic amines) is 1. The molecule has 0 aliphatic carbocycles. The van der Waals surface area contributed by atoms with Crippen LogP contribution in [-0.2, 0) is 14.6 Å². The molecule has 38 heavy (non-hydrogen) atoms. The van der Waals surface area contributed by atoms with E-state index in [9.17, 15) is 26.8 Å². The second-order valence-corrected chi connectivity index (χ2v) is 11.2. The number of pyridine rings is 1. The van der Waals surface area contributed by atoms with Crippen molar-refractivity contribution in [1.29, 1.82) is 0 Å². The van der Waals surface area contributed by atoms with E-state index in [-0.39, 0.29) is 27.8 Å². The standard InChI is InChI=1S/C26H23ClF2N4O4S/c27-21-13-20(18-3-5-19(6-4-18)25(35)33-15-26(28,29)16-33)7-8-22(21)38(36,37)12-11-31-24(34)10-2-17-1-9-23(30)32-14-17/h1-10,13-14H,11-12,15-16H2,(H2,30,32)(H,31,34)/b10-2+. The van der Waals surface area contributed by atoms with Gasteiger partial charge in [-0.25, -0.2) is 22.2 Å². The summed E-state index contributed by atoms with van der Waals surface area (Å²) in [5.74, 6) is -3.79. The van der Waals surface area contributed by atoms with Crippen LogP contribution in [0.25, 0.3) is 17.2 Å². The molecular formula is C26H23ClF2N4O4S. The molecule has 0 bridgehead atoms. The van der Waals surface area contributed by atoms with Crippen LogP contribution >= 0.6 is 11.6 Å². The summed E-state index contributed by atoms with van der Waals surface area (Å²) in [6.07, 6.45) is 4.29. The molecule has 1 fully saturated rings. The van der Waals surface area contributed by atoms with E-state index in [4.69, 9.17) is 17.3 Å². The van der Waals surface area contributed by atoms with Crippen molar-refractivity contribution >= 4 is 45.1 Å². The van der Waals surface area contributed by atoms with Gasteiger partial charge in [0.2, 0.25) is 5.91 Å². The van der Waals surface area contributed by atoms with E-state index in [2.05, 4.69) is 10.3 Å². The summed E-state index contributed by atoms with van der Waals surface area (Å²) in [7, 11) is -3.80. The predicted molar refractivity (Wildman–Crippen MR) is 140 cm³/mol. The van der Waals surface area contributed by atoms with Crippen LogP contribution in [0.1, 0.15) is 15.9 Å². The van der Waals surface area contributed by atoms with Crippen molar-refractivity contribution in [3.8, 4) is 11.1 Å². The molecule has 1 saturated heterocycles. The molecule has 0 saturated carbocycles. The summed E-state index contributed by atoms with van der Waals surface area (Å²) in [6, 6.07) is 14.0. The number of rotatable bonds is 8. The molecule has 12 heteroatoms. The third-order valence-electron chi connectivity index (χ3n) is 5.77. The maximum Gasteiger partial charge on any atom is 0.282 e. The fraction of sp³-hybridized carbons (Fsp3) is 0.192. The van der Waals surface area contributed by atoms with Gasteiger partial charge in [0.15, 0.2) is 9.84 Å². The van der Waals surface area contributed by atoms with Crippen LogP contribution in [0, 0.1) is 0 Å². The molecule has 0 spiro atoms. The molecule has 3 aromatic rings. The van der Waals surface area contributed by atoms with Gasteiger partial charge in [0.1, 0.15) is 5.82 Å². The predicted octanol–water partition coefficient (Wildman–Crippen LogP) is 3.68. The van der Waals surface area contributed by atoms with Crippen molar-refractivity contribution in [1.82, 2.24) is 15.2 Å². The van der Waals surface area contributed by atoms with Gasteiger partial charge >= 0.3 is 0 Å². The lowest BCUT2D eigenvalue weighted by molar-refractivity contribution is -0.116. The summed E-state index contributed by atoms with van der Waals surface area (Å²) in [4.78, 5) is 29.2. The van der Waals surface area contributed by atoms with Crippen LogP contribution in [0.2, 0.25) is 5.02 Å². The van der Waals surface area contributed by atoms with Gasteiger partial charge in [-0.15, -0.1) is 0 Å². The van der Waals surface area contributed by atoms with Crippen LogP contribution in [0.3, 0.4) is 0 Å². The summed E-state index contributed by atoms with van der Waals surface area (Å²) in [5, 5.41) is 2.52. The second-order valence-electron chi connectivity index (χ2n) is 8.70. The first kappa shape index (κ1) is 27.2. The van der Waals surface area contributed by atoms with Gasteiger partial charge < -0.3 is 16.0 Å². The van der Waals surface area contributed by atoms with Crippen molar-refractivity contribution in [2.45, 2.75) is 10.8 Å². The Morgan fingerprint density at radius 3 is 2.37 bits per heavy atom. The van der Waals surface area contributed by atoms with E-state index < -0.39 is 40.7 Å². The number of alkyl halides is 2. The van der Waals surface area contributed by atoms with Crippen LogP contribution < -0.4 is 11.1 Å². The Hall–Kier alpha value is -3.83. The number of hydrogen-bond donors (Lipinski definition) is 2. The molecule has 198 valence electrons. The average Bonchev–Trinajstić information content (AvgIpc) is 2.86. The lowest BCUT2D eigenvalue weighted by Gasteiger charge is -2.38. The summed E-state index contributed by atoms with van der Waals surface area (Å²) >= 11 is 6.29. The van der Waals surface area contributed by atoms with E-state index >= 15 is 0 Å². The maximum absolute atomic E-state index is 13.0. The molecule has 1 aliphatic heterocycles. The van der Waals surface area contributed by atoms with E-state index in [1.54, 1.807) is 30.3 Å². The summed E-state index contributed by atoms with van der Waals surface area (Å²) < 4.78 is 51.6. The third-order valence-corrected chi connectivity index (χ3v) is 7.96. The summed E-state index contributed by atoms with van der Waals surface area (Å²) in [6.45, 7) is -1.32. The number of amides is 2. The van der Waals surface area contributed by atoms with Crippen LogP contribution in [0.15, 0.2) is 71.8 Å². The molecule has 1 aromatic heterocycles. The lowest BCUT2D eigenvalue weighted by atomic mass is 10.0. The third kappa shape index (κ3) is 6.53. The van der Waals surface area contributed by atoms with Crippen LogP contribution in [0.4, 0.5) is 14.6 Å². The van der Waals surface area contributed by atoms with Gasteiger partial charge in [-0.1, -0.05) is 29.8 Å². The SMILES string of the molecule is Nc1ccc(/C=C/C(=O)NCCS(=O)(=O)c2ccc(-c3ccc(C(=O)N4CC(F)(F)C4)cc3)cc2Cl)cn1. The minimum atomic E-state index is -3.80. The van der Waals surface area contributed by atoms with Gasteiger partial charge in [-0.3, -0.25) is 9.59 Å². The molecule has 2 aromatic carbocycles. The zero-order valence-corrected chi connectivity index (χ0v) is 21.5. The topological polar surface area (TPSA) is 122 Å². The highest BCUT2D eigenvalue weighted by atomic mass is 35.5. The Balaban J connectivity index is 1.35. The fourth-order valence-electron chi connectivity index (χ4n) is 3.74. The maximum atomic E-state index is 13.0. The van der Waals surface area contributed by atoms with E-state index in [0.29, 0.717) is 22.5 Å². The monoisotopic (exact) mass is 560 g/mol. The van der Waals surface area contributed by atoms with Gasteiger partial charge in [0.25, 0.3) is 11.8 Å².